The van der Waals surface area contributed by atoms with Crippen molar-refractivity contribution in [3.63, 3.8) is 0 Å². The van der Waals surface area contributed by atoms with E-state index in [0.717, 1.165) is 5.56 Å². The van der Waals surface area contributed by atoms with Crippen LogP contribution >= 0.6 is 11.6 Å². The summed E-state index contributed by atoms with van der Waals surface area (Å²) in [5.41, 5.74) is 2.82. The Morgan fingerprint density at radius 3 is 2.48 bits per heavy atom. The normalized spacial score (nSPS) is 10.7. The molecule has 0 N–H and O–H groups in total. The first-order valence-electron chi connectivity index (χ1n) is 6.94. The first kappa shape index (κ1) is 15.5. The molecule has 2 rings (SSSR count). The molecule has 0 atom stereocenters. The summed E-state index contributed by atoms with van der Waals surface area (Å²) in [5.74, 6) is 0.383. The Bertz CT molecular complexity index is 623. The van der Waals surface area contributed by atoms with Gasteiger partial charge in [0.25, 0.3) is 5.91 Å². The zero-order valence-electron chi connectivity index (χ0n) is 12.5. The number of carbonyl (C=O) groups is 1. The molecule has 0 radical (unpaired) electrons. The predicted octanol–water partition coefficient (Wildman–Crippen LogP) is 4.13. The molecule has 4 heteroatoms. The summed E-state index contributed by atoms with van der Waals surface area (Å²) in [7, 11) is 1.77. The SMILES string of the molecule is CC(C)c1ccc(CN(C)C(=O)c2cccnc2Cl)cc1. The van der Waals surface area contributed by atoms with Gasteiger partial charge in [0.05, 0.1) is 5.56 Å². The largest absolute Gasteiger partial charge is 0.337 e. The van der Waals surface area contributed by atoms with E-state index in [9.17, 15) is 4.79 Å². The number of rotatable bonds is 4. The van der Waals surface area contributed by atoms with Crippen LogP contribution in [0.25, 0.3) is 0 Å². The maximum absolute atomic E-state index is 12.3. The average Bonchev–Trinajstić information content (AvgIpc) is 2.47. The Morgan fingerprint density at radius 1 is 1.24 bits per heavy atom. The molecule has 1 aromatic heterocycles. The third kappa shape index (κ3) is 3.82. The van der Waals surface area contributed by atoms with Crippen molar-refractivity contribution in [1.82, 2.24) is 9.88 Å². The number of hydrogen-bond donors (Lipinski definition) is 0. The molecule has 1 heterocycles. The lowest BCUT2D eigenvalue weighted by molar-refractivity contribution is 0.0785. The van der Waals surface area contributed by atoms with Crippen LogP contribution in [-0.2, 0) is 6.54 Å². The number of aromatic nitrogens is 1. The van der Waals surface area contributed by atoms with Gasteiger partial charge in [-0.2, -0.15) is 0 Å². The van der Waals surface area contributed by atoms with Gasteiger partial charge >= 0.3 is 0 Å². The van der Waals surface area contributed by atoms with Gasteiger partial charge in [-0.25, -0.2) is 4.98 Å². The van der Waals surface area contributed by atoms with Gasteiger partial charge < -0.3 is 4.90 Å². The Hall–Kier alpha value is -1.87. The number of pyridine rings is 1. The summed E-state index contributed by atoms with van der Waals surface area (Å²) >= 11 is 5.96. The third-order valence-corrected chi connectivity index (χ3v) is 3.70. The van der Waals surface area contributed by atoms with E-state index in [1.807, 2.05) is 0 Å². The minimum atomic E-state index is -0.124. The quantitative estimate of drug-likeness (QED) is 0.796. The molecule has 110 valence electrons. The highest BCUT2D eigenvalue weighted by atomic mass is 35.5. The van der Waals surface area contributed by atoms with Crippen LogP contribution in [0.4, 0.5) is 0 Å². The molecule has 21 heavy (non-hydrogen) atoms. The van der Waals surface area contributed by atoms with Crippen molar-refractivity contribution < 1.29 is 4.79 Å². The van der Waals surface area contributed by atoms with Gasteiger partial charge in [-0.05, 0) is 29.2 Å². The number of hydrogen-bond acceptors (Lipinski definition) is 2. The Morgan fingerprint density at radius 2 is 1.90 bits per heavy atom. The van der Waals surface area contributed by atoms with Gasteiger partial charge in [0, 0.05) is 19.8 Å². The van der Waals surface area contributed by atoms with Crippen LogP contribution in [0.1, 0.15) is 41.3 Å². The molecule has 3 nitrogen and oxygen atoms in total. The fourth-order valence-electron chi connectivity index (χ4n) is 2.10. The van der Waals surface area contributed by atoms with Crippen molar-refractivity contribution in [2.45, 2.75) is 26.3 Å². The number of nitrogens with zero attached hydrogens (tertiary/aromatic N) is 2. The summed E-state index contributed by atoms with van der Waals surface area (Å²) in [6.45, 7) is 4.87. The van der Waals surface area contributed by atoms with Crippen molar-refractivity contribution in [2.24, 2.45) is 0 Å². The van der Waals surface area contributed by atoms with Crippen LogP contribution in [-0.4, -0.2) is 22.8 Å². The summed E-state index contributed by atoms with van der Waals surface area (Å²) in [6, 6.07) is 11.7. The second-order valence-electron chi connectivity index (χ2n) is 5.40. The number of halogens is 1. The predicted molar refractivity (Wildman–Crippen MR) is 85.6 cm³/mol. The van der Waals surface area contributed by atoms with Gasteiger partial charge in [-0.3, -0.25) is 4.79 Å². The number of benzene rings is 1. The Labute approximate surface area is 130 Å². The molecule has 0 saturated carbocycles. The summed E-state index contributed by atoms with van der Waals surface area (Å²) in [6.07, 6.45) is 1.57. The van der Waals surface area contributed by atoms with Crippen LogP contribution in [0.3, 0.4) is 0 Å². The number of amides is 1. The highest BCUT2D eigenvalue weighted by Gasteiger charge is 2.15. The summed E-state index contributed by atoms with van der Waals surface area (Å²) < 4.78 is 0. The molecular formula is C17H19ClN2O. The van der Waals surface area contributed by atoms with Crippen LogP contribution in [0.15, 0.2) is 42.6 Å². The second-order valence-corrected chi connectivity index (χ2v) is 5.76. The van der Waals surface area contributed by atoms with Crippen molar-refractivity contribution >= 4 is 17.5 Å². The molecule has 0 aliphatic carbocycles. The fraction of sp³-hybridized carbons (Fsp3) is 0.294. The van der Waals surface area contributed by atoms with E-state index in [4.69, 9.17) is 11.6 Å². The van der Waals surface area contributed by atoms with E-state index in [2.05, 4.69) is 43.1 Å². The van der Waals surface area contributed by atoms with E-state index < -0.39 is 0 Å². The van der Waals surface area contributed by atoms with Crippen LogP contribution in [0.5, 0.6) is 0 Å². The standard InChI is InChI=1S/C17H19ClN2O/c1-12(2)14-8-6-13(7-9-14)11-20(3)17(21)15-5-4-10-19-16(15)18/h4-10,12H,11H2,1-3H3. The van der Waals surface area contributed by atoms with Gasteiger partial charge in [0.15, 0.2) is 0 Å². The van der Waals surface area contributed by atoms with Gasteiger partial charge in [0.1, 0.15) is 5.15 Å². The van der Waals surface area contributed by atoms with Crippen LogP contribution in [0, 0.1) is 0 Å². The summed E-state index contributed by atoms with van der Waals surface area (Å²) in [5, 5.41) is 0.240. The molecule has 0 aliphatic heterocycles. The monoisotopic (exact) mass is 302 g/mol. The zero-order chi connectivity index (χ0) is 15.4. The summed E-state index contributed by atoms with van der Waals surface area (Å²) in [4.78, 5) is 17.9. The van der Waals surface area contributed by atoms with E-state index in [1.165, 1.54) is 5.56 Å². The topological polar surface area (TPSA) is 33.2 Å². The van der Waals surface area contributed by atoms with Crippen molar-refractivity contribution in [2.75, 3.05) is 7.05 Å². The van der Waals surface area contributed by atoms with Crippen LogP contribution in [0.2, 0.25) is 5.15 Å². The first-order chi connectivity index (χ1) is 9.99. The van der Waals surface area contributed by atoms with Gasteiger partial charge in [-0.1, -0.05) is 49.7 Å². The highest BCUT2D eigenvalue weighted by Crippen LogP contribution is 2.17. The molecule has 0 spiro atoms. The van der Waals surface area contributed by atoms with E-state index in [-0.39, 0.29) is 11.1 Å². The van der Waals surface area contributed by atoms with Crippen molar-refractivity contribution in [1.29, 1.82) is 0 Å². The molecule has 0 bridgehead atoms. The van der Waals surface area contributed by atoms with Crippen molar-refractivity contribution in [3.8, 4) is 0 Å². The second kappa shape index (κ2) is 6.72. The zero-order valence-corrected chi connectivity index (χ0v) is 13.3. The highest BCUT2D eigenvalue weighted by molar-refractivity contribution is 6.32. The lowest BCUT2D eigenvalue weighted by atomic mass is 10.0. The molecular weight excluding hydrogens is 284 g/mol. The molecule has 1 aromatic carbocycles. The molecule has 0 fully saturated rings. The number of carbonyl (C=O) groups excluding carboxylic acids is 1. The molecule has 0 unspecified atom stereocenters. The molecule has 0 saturated heterocycles. The van der Waals surface area contributed by atoms with E-state index in [0.29, 0.717) is 18.0 Å². The first-order valence-corrected chi connectivity index (χ1v) is 7.31. The van der Waals surface area contributed by atoms with Crippen molar-refractivity contribution in [3.05, 3.63) is 64.4 Å². The molecule has 2 aromatic rings. The maximum atomic E-state index is 12.3. The van der Waals surface area contributed by atoms with Gasteiger partial charge in [-0.15, -0.1) is 0 Å². The van der Waals surface area contributed by atoms with E-state index in [1.54, 1.807) is 30.3 Å². The maximum Gasteiger partial charge on any atom is 0.257 e. The Balaban J connectivity index is 2.09. The Kier molecular flexibility index (Phi) is 4.97. The average molecular weight is 303 g/mol. The molecule has 1 amide bonds. The minimum Gasteiger partial charge on any atom is -0.337 e. The fourth-order valence-corrected chi connectivity index (χ4v) is 2.30. The van der Waals surface area contributed by atoms with Crippen LogP contribution < -0.4 is 0 Å². The lowest BCUT2D eigenvalue weighted by Crippen LogP contribution is -2.26. The van der Waals surface area contributed by atoms with Gasteiger partial charge in [0.2, 0.25) is 0 Å². The van der Waals surface area contributed by atoms with E-state index >= 15 is 0 Å². The molecule has 0 aliphatic rings. The smallest absolute Gasteiger partial charge is 0.257 e. The minimum absolute atomic E-state index is 0.124. The third-order valence-electron chi connectivity index (χ3n) is 3.40. The lowest BCUT2D eigenvalue weighted by Gasteiger charge is -2.18.